The molecule has 0 aliphatic rings. The van der Waals surface area contributed by atoms with E-state index in [-0.39, 0.29) is 29.0 Å². The lowest BCUT2D eigenvalue weighted by atomic mass is 9.85. The van der Waals surface area contributed by atoms with Crippen LogP contribution in [0.1, 0.15) is 24.8 Å². The summed E-state index contributed by atoms with van der Waals surface area (Å²) in [6, 6.07) is 14.7. The topological polar surface area (TPSA) is 89.3 Å². The Kier molecular flexibility index (Phi) is 6.65. The summed E-state index contributed by atoms with van der Waals surface area (Å²) in [5, 5.41) is 10.7. The van der Waals surface area contributed by atoms with Crippen molar-refractivity contribution < 1.29 is 13.3 Å². The standard InChI is InChI=1S/C19H22N2O4S/c1-3-15(2)19(16-7-5-4-6-8-16)13-14-20-26(24,25)18-11-9-17(10-12-18)21(22)23/h3-12,15,19-20H,1,13-14H2,2H3/t15?,19-/m0/s1. The van der Waals surface area contributed by atoms with Crippen LogP contribution >= 0.6 is 0 Å². The van der Waals surface area contributed by atoms with Gasteiger partial charge in [0.2, 0.25) is 10.0 Å². The van der Waals surface area contributed by atoms with Gasteiger partial charge in [0.15, 0.2) is 0 Å². The van der Waals surface area contributed by atoms with Gasteiger partial charge in [-0.1, -0.05) is 43.3 Å². The first-order valence-corrected chi connectivity index (χ1v) is 9.75. The van der Waals surface area contributed by atoms with E-state index in [1.54, 1.807) is 0 Å². The van der Waals surface area contributed by atoms with Crippen molar-refractivity contribution >= 4 is 15.7 Å². The van der Waals surface area contributed by atoms with Crippen molar-refractivity contribution in [3.8, 4) is 0 Å². The van der Waals surface area contributed by atoms with Gasteiger partial charge in [-0.15, -0.1) is 6.58 Å². The minimum absolute atomic E-state index is 0.0103. The van der Waals surface area contributed by atoms with E-state index in [9.17, 15) is 18.5 Å². The molecule has 26 heavy (non-hydrogen) atoms. The predicted molar refractivity (Wildman–Crippen MR) is 101 cm³/mol. The molecule has 0 heterocycles. The van der Waals surface area contributed by atoms with Crippen molar-refractivity contribution in [3.05, 3.63) is 82.9 Å². The number of non-ortho nitro benzene ring substituents is 1. The fraction of sp³-hybridized carbons (Fsp3) is 0.263. The number of benzene rings is 2. The molecule has 2 rings (SSSR count). The van der Waals surface area contributed by atoms with Crippen LogP contribution in [0.2, 0.25) is 0 Å². The molecule has 2 atom stereocenters. The zero-order valence-corrected chi connectivity index (χ0v) is 15.4. The SMILES string of the molecule is C=CC(C)[C@H](CCNS(=O)(=O)c1ccc([N+](=O)[O-])cc1)c1ccccc1. The Labute approximate surface area is 153 Å². The largest absolute Gasteiger partial charge is 0.269 e. The van der Waals surface area contributed by atoms with Crippen molar-refractivity contribution in [1.82, 2.24) is 4.72 Å². The minimum Gasteiger partial charge on any atom is -0.258 e. The summed E-state index contributed by atoms with van der Waals surface area (Å²) >= 11 is 0. The highest BCUT2D eigenvalue weighted by molar-refractivity contribution is 7.89. The van der Waals surface area contributed by atoms with Crippen LogP contribution in [0.4, 0.5) is 5.69 Å². The molecular weight excluding hydrogens is 352 g/mol. The maximum absolute atomic E-state index is 12.4. The molecule has 0 bridgehead atoms. The Morgan fingerprint density at radius 2 is 1.77 bits per heavy atom. The molecule has 2 aromatic rings. The van der Waals surface area contributed by atoms with E-state index in [0.29, 0.717) is 6.42 Å². The van der Waals surface area contributed by atoms with Crippen molar-refractivity contribution in [1.29, 1.82) is 0 Å². The summed E-state index contributed by atoms with van der Waals surface area (Å²) in [5.74, 6) is 0.342. The summed E-state index contributed by atoms with van der Waals surface area (Å²) in [5.41, 5.74) is 0.988. The van der Waals surface area contributed by atoms with E-state index >= 15 is 0 Å². The third kappa shape index (κ3) is 5.00. The highest BCUT2D eigenvalue weighted by Crippen LogP contribution is 2.28. The molecule has 0 aliphatic carbocycles. The monoisotopic (exact) mass is 374 g/mol. The summed E-state index contributed by atoms with van der Waals surface area (Å²) in [4.78, 5) is 10.1. The Morgan fingerprint density at radius 3 is 2.31 bits per heavy atom. The van der Waals surface area contributed by atoms with Gasteiger partial charge in [-0.25, -0.2) is 13.1 Å². The molecule has 0 aromatic heterocycles. The number of nitrogens with zero attached hydrogens (tertiary/aromatic N) is 1. The summed E-state index contributed by atoms with van der Waals surface area (Å²) < 4.78 is 27.3. The van der Waals surface area contributed by atoms with Gasteiger partial charge in [0, 0.05) is 18.7 Å². The molecule has 0 fully saturated rings. The zero-order chi connectivity index (χ0) is 19.2. The Bertz CT molecular complexity index is 849. The highest BCUT2D eigenvalue weighted by atomic mass is 32.2. The second kappa shape index (κ2) is 8.73. The first-order valence-electron chi connectivity index (χ1n) is 8.27. The lowest BCUT2D eigenvalue weighted by Crippen LogP contribution is -2.26. The summed E-state index contributed by atoms with van der Waals surface area (Å²) in [6.45, 7) is 6.15. The fourth-order valence-corrected chi connectivity index (χ4v) is 3.82. The Balaban J connectivity index is 2.05. The van der Waals surface area contributed by atoms with Crippen molar-refractivity contribution in [2.75, 3.05) is 6.54 Å². The maximum Gasteiger partial charge on any atom is 0.269 e. The molecule has 1 N–H and O–H groups in total. The number of nitrogens with one attached hydrogen (secondary N) is 1. The van der Waals surface area contributed by atoms with Gasteiger partial charge in [-0.3, -0.25) is 10.1 Å². The van der Waals surface area contributed by atoms with E-state index in [2.05, 4.69) is 18.2 Å². The molecule has 0 saturated heterocycles. The van der Waals surface area contributed by atoms with E-state index in [1.165, 1.54) is 24.3 Å². The molecule has 2 aromatic carbocycles. The number of nitro groups is 1. The normalized spacial score (nSPS) is 13.7. The lowest BCUT2D eigenvalue weighted by molar-refractivity contribution is -0.384. The molecule has 7 heteroatoms. The maximum atomic E-state index is 12.4. The predicted octanol–water partition coefficient (Wildman–Crippen LogP) is 3.87. The van der Waals surface area contributed by atoms with Crippen LogP contribution in [0.15, 0.2) is 72.1 Å². The van der Waals surface area contributed by atoms with E-state index in [4.69, 9.17) is 0 Å². The second-order valence-electron chi connectivity index (χ2n) is 6.05. The molecule has 138 valence electrons. The molecule has 0 amide bonds. The molecule has 0 radical (unpaired) electrons. The van der Waals surface area contributed by atoms with Crippen LogP contribution < -0.4 is 4.72 Å². The van der Waals surface area contributed by atoms with Gasteiger partial charge in [-0.05, 0) is 36.0 Å². The van der Waals surface area contributed by atoms with Crippen LogP contribution in [0.3, 0.4) is 0 Å². The highest BCUT2D eigenvalue weighted by Gasteiger charge is 2.19. The first kappa shape index (κ1) is 19.8. The van der Waals surface area contributed by atoms with Gasteiger partial charge < -0.3 is 0 Å². The van der Waals surface area contributed by atoms with Gasteiger partial charge in [0.25, 0.3) is 5.69 Å². The second-order valence-corrected chi connectivity index (χ2v) is 7.82. The molecule has 0 saturated carbocycles. The number of allylic oxidation sites excluding steroid dienone is 1. The first-order chi connectivity index (χ1) is 12.3. The van der Waals surface area contributed by atoms with Crippen LogP contribution in [0, 0.1) is 16.0 Å². The van der Waals surface area contributed by atoms with Gasteiger partial charge >= 0.3 is 0 Å². The van der Waals surface area contributed by atoms with Crippen molar-refractivity contribution in [2.24, 2.45) is 5.92 Å². The quantitative estimate of drug-likeness (QED) is 0.410. The number of rotatable bonds is 9. The van der Waals surface area contributed by atoms with Crippen molar-refractivity contribution in [3.63, 3.8) is 0 Å². The fourth-order valence-electron chi connectivity index (χ4n) is 2.78. The van der Waals surface area contributed by atoms with Gasteiger partial charge in [-0.2, -0.15) is 0 Å². The average Bonchev–Trinajstić information content (AvgIpc) is 2.65. The molecule has 1 unspecified atom stereocenters. The zero-order valence-electron chi connectivity index (χ0n) is 14.5. The number of nitro benzene ring substituents is 1. The van der Waals surface area contributed by atoms with Gasteiger partial charge in [0.05, 0.1) is 9.82 Å². The van der Waals surface area contributed by atoms with Crippen LogP contribution in [0.5, 0.6) is 0 Å². The summed E-state index contributed by atoms with van der Waals surface area (Å²) in [7, 11) is -3.71. The summed E-state index contributed by atoms with van der Waals surface area (Å²) in [6.07, 6.45) is 2.48. The van der Waals surface area contributed by atoms with E-state index in [1.807, 2.05) is 36.4 Å². The Morgan fingerprint density at radius 1 is 1.15 bits per heavy atom. The lowest BCUT2D eigenvalue weighted by Gasteiger charge is -2.22. The number of hydrogen-bond acceptors (Lipinski definition) is 4. The Hall–Kier alpha value is -2.51. The van der Waals surface area contributed by atoms with E-state index < -0.39 is 14.9 Å². The molecule has 0 aliphatic heterocycles. The average molecular weight is 374 g/mol. The molecule has 6 nitrogen and oxygen atoms in total. The van der Waals surface area contributed by atoms with Gasteiger partial charge in [0.1, 0.15) is 0 Å². The number of hydrogen-bond donors (Lipinski definition) is 1. The van der Waals surface area contributed by atoms with E-state index in [0.717, 1.165) is 5.56 Å². The van der Waals surface area contributed by atoms with Crippen LogP contribution in [-0.4, -0.2) is 19.9 Å². The van der Waals surface area contributed by atoms with Crippen LogP contribution in [-0.2, 0) is 10.0 Å². The third-order valence-electron chi connectivity index (χ3n) is 4.34. The number of sulfonamides is 1. The smallest absolute Gasteiger partial charge is 0.258 e. The minimum atomic E-state index is -3.71. The van der Waals surface area contributed by atoms with Crippen LogP contribution in [0.25, 0.3) is 0 Å². The third-order valence-corrected chi connectivity index (χ3v) is 5.82. The molecule has 0 spiro atoms. The molecular formula is C19H22N2O4S. The van der Waals surface area contributed by atoms with Crippen molar-refractivity contribution in [2.45, 2.75) is 24.2 Å².